The van der Waals surface area contributed by atoms with E-state index in [0.717, 1.165) is 50.5 Å². The quantitative estimate of drug-likeness (QED) is 0.725. The molecule has 1 fully saturated rings. The van der Waals surface area contributed by atoms with Gasteiger partial charge in [0.25, 0.3) is 0 Å². The average Bonchev–Trinajstić information content (AvgIpc) is 2.69. The molecule has 0 unspecified atom stereocenters. The maximum Gasteiger partial charge on any atom is 0.225 e. The smallest absolute Gasteiger partial charge is 0.225 e. The SMILES string of the molecule is Cc1cccc(OCCCCC(=O)NC2CCN(c3ncccn3)CC2)c1. The second kappa shape index (κ2) is 9.90. The van der Waals surface area contributed by atoms with E-state index in [9.17, 15) is 4.79 Å². The molecule has 27 heavy (non-hydrogen) atoms. The zero-order valence-electron chi connectivity index (χ0n) is 15.9. The van der Waals surface area contributed by atoms with Gasteiger partial charge in [-0.05, 0) is 56.4 Å². The van der Waals surface area contributed by atoms with Gasteiger partial charge in [-0.1, -0.05) is 12.1 Å². The fourth-order valence-electron chi connectivity index (χ4n) is 3.26. The number of piperidine rings is 1. The van der Waals surface area contributed by atoms with E-state index in [1.807, 2.05) is 24.3 Å². The number of hydrogen-bond acceptors (Lipinski definition) is 5. The second-order valence-electron chi connectivity index (χ2n) is 7.00. The Hall–Kier alpha value is -2.63. The number of anilines is 1. The van der Waals surface area contributed by atoms with Crippen LogP contribution in [0.25, 0.3) is 0 Å². The number of rotatable bonds is 8. The number of aromatic nitrogens is 2. The van der Waals surface area contributed by atoms with Crippen molar-refractivity contribution < 1.29 is 9.53 Å². The molecule has 1 saturated heterocycles. The molecule has 144 valence electrons. The van der Waals surface area contributed by atoms with E-state index >= 15 is 0 Å². The summed E-state index contributed by atoms with van der Waals surface area (Å²) in [6.07, 6.45) is 7.66. The van der Waals surface area contributed by atoms with Crippen LogP contribution in [0.1, 0.15) is 37.7 Å². The van der Waals surface area contributed by atoms with Gasteiger partial charge in [0.15, 0.2) is 0 Å². The predicted molar refractivity (Wildman–Crippen MR) is 106 cm³/mol. The van der Waals surface area contributed by atoms with Crippen LogP contribution in [0.2, 0.25) is 0 Å². The second-order valence-corrected chi connectivity index (χ2v) is 7.00. The van der Waals surface area contributed by atoms with Crippen LogP contribution in [0, 0.1) is 6.92 Å². The number of hydrogen-bond donors (Lipinski definition) is 1. The van der Waals surface area contributed by atoms with E-state index in [0.29, 0.717) is 13.0 Å². The van der Waals surface area contributed by atoms with Crippen molar-refractivity contribution in [2.75, 3.05) is 24.6 Å². The summed E-state index contributed by atoms with van der Waals surface area (Å²) >= 11 is 0. The minimum Gasteiger partial charge on any atom is -0.494 e. The Bertz CT molecular complexity index is 715. The Morgan fingerprint density at radius 3 is 2.70 bits per heavy atom. The van der Waals surface area contributed by atoms with Crippen molar-refractivity contribution >= 4 is 11.9 Å². The van der Waals surface area contributed by atoms with Crippen LogP contribution in [-0.2, 0) is 4.79 Å². The number of nitrogens with zero attached hydrogens (tertiary/aromatic N) is 3. The molecular weight excluding hydrogens is 340 g/mol. The first-order valence-electron chi connectivity index (χ1n) is 9.71. The molecule has 0 aliphatic carbocycles. The van der Waals surface area contributed by atoms with Crippen LogP contribution in [0.4, 0.5) is 5.95 Å². The lowest BCUT2D eigenvalue weighted by Gasteiger charge is -2.32. The van der Waals surface area contributed by atoms with Gasteiger partial charge in [0.1, 0.15) is 5.75 Å². The molecule has 0 radical (unpaired) electrons. The summed E-state index contributed by atoms with van der Waals surface area (Å²) in [7, 11) is 0. The number of benzene rings is 1. The molecule has 1 aliphatic rings. The van der Waals surface area contributed by atoms with E-state index in [2.05, 4.69) is 33.2 Å². The Morgan fingerprint density at radius 2 is 1.96 bits per heavy atom. The van der Waals surface area contributed by atoms with Gasteiger partial charge >= 0.3 is 0 Å². The average molecular weight is 368 g/mol. The molecule has 1 amide bonds. The van der Waals surface area contributed by atoms with Gasteiger partial charge in [0.05, 0.1) is 6.61 Å². The summed E-state index contributed by atoms with van der Waals surface area (Å²) in [6.45, 7) is 4.44. The number of carbonyl (C=O) groups excluding carboxylic acids is 1. The van der Waals surface area contributed by atoms with Crippen LogP contribution >= 0.6 is 0 Å². The van der Waals surface area contributed by atoms with Crippen molar-refractivity contribution in [2.45, 2.75) is 45.1 Å². The van der Waals surface area contributed by atoms with E-state index in [1.165, 1.54) is 5.56 Å². The third-order valence-electron chi connectivity index (χ3n) is 4.75. The minimum atomic E-state index is 0.139. The number of amides is 1. The number of carbonyl (C=O) groups is 1. The topological polar surface area (TPSA) is 67.3 Å². The minimum absolute atomic E-state index is 0.139. The van der Waals surface area contributed by atoms with Crippen LogP contribution < -0.4 is 15.0 Å². The van der Waals surface area contributed by atoms with Crippen LogP contribution in [0.15, 0.2) is 42.7 Å². The first kappa shape index (κ1) is 19.1. The molecule has 0 atom stereocenters. The van der Waals surface area contributed by atoms with Gasteiger partial charge < -0.3 is 15.0 Å². The predicted octanol–water partition coefficient (Wildman–Crippen LogP) is 3.12. The summed E-state index contributed by atoms with van der Waals surface area (Å²) in [5.41, 5.74) is 1.19. The van der Waals surface area contributed by atoms with Crippen LogP contribution in [-0.4, -0.2) is 41.6 Å². The fourth-order valence-corrected chi connectivity index (χ4v) is 3.26. The summed E-state index contributed by atoms with van der Waals surface area (Å²) < 4.78 is 5.72. The first-order valence-corrected chi connectivity index (χ1v) is 9.71. The van der Waals surface area contributed by atoms with Crippen molar-refractivity contribution in [1.29, 1.82) is 0 Å². The molecular formula is C21H28N4O2. The molecule has 2 aromatic rings. The Labute approximate surface area is 161 Å². The van der Waals surface area contributed by atoms with Crippen molar-refractivity contribution in [3.63, 3.8) is 0 Å². The van der Waals surface area contributed by atoms with Crippen molar-refractivity contribution in [3.05, 3.63) is 48.3 Å². The van der Waals surface area contributed by atoms with Gasteiger partial charge in [-0.15, -0.1) is 0 Å². The lowest BCUT2D eigenvalue weighted by Crippen LogP contribution is -2.45. The number of aryl methyl sites for hydroxylation is 1. The Kier molecular flexibility index (Phi) is 7.02. The van der Waals surface area contributed by atoms with E-state index in [1.54, 1.807) is 12.4 Å². The largest absolute Gasteiger partial charge is 0.494 e. The summed E-state index contributed by atoms with van der Waals surface area (Å²) in [5.74, 6) is 1.81. The van der Waals surface area contributed by atoms with Crippen molar-refractivity contribution in [2.24, 2.45) is 0 Å². The third-order valence-corrected chi connectivity index (χ3v) is 4.75. The molecule has 1 N–H and O–H groups in total. The fraction of sp³-hybridized carbons (Fsp3) is 0.476. The maximum absolute atomic E-state index is 12.2. The summed E-state index contributed by atoms with van der Waals surface area (Å²) in [5, 5.41) is 3.16. The molecule has 6 nitrogen and oxygen atoms in total. The number of ether oxygens (including phenoxy) is 1. The van der Waals surface area contributed by atoms with Crippen LogP contribution in [0.3, 0.4) is 0 Å². The number of nitrogens with one attached hydrogen (secondary N) is 1. The zero-order chi connectivity index (χ0) is 18.9. The lowest BCUT2D eigenvalue weighted by molar-refractivity contribution is -0.122. The number of unbranched alkanes of at least 4 members (excludes halogenated alkanes) is 1. The molecule has 1 aromatic carbocycles. The molecule has 1 aliphatic heterocycles. The summed E-state index contributed by atoms with van der Waals surface area (Å²) in [4.78, 5) is 22.9. The highest BCUT2D eigenvalue weighted by Gasteiger charge is 2.21. The molecule has 1 aromatic heterocycles. The van der Waals surface area contributed by atoms with Gasteiger partial charge in [-0.3, -0.25) is 4.79 Å². The van der Waals surface area contributed by atoms with Gasteiger partial charge in [0, 0.05) is 37.9 Å². The normalized spacial score (nSPS) is 14.8. The highest BCUT2D eigenvalue weighted by atomic mass is 16.5. The molecule has 3 rings (SSSR count). The van der Waals surface area contributed by atoms with Gasteiger partial charge in [-0.25, -0.2) is 9.97 Å². The molecule has 0 bridgehead atoms. The van der Waals surface area contributed by atoms with Crippen LogP contribution in [0.5, 0.6) is 5.75 Å². The highest BCUT2D eigenvalue weighted by Crippen LogP contribution is 2.16. The Morgan fingerprint density at radius 1 is 1.19 bits per heavy atom. The van der Waals surface area contributed by atoms with Gasteiger partial charge in [-0.2, -0.15) is 0 Å². The van der Waals surface area contributed by atoms with E-state index in [-0.39, 0.29) is 11.9 Å². The monoisotopic (exact) mass is 368 g/mol. The van der Waals surface area contributed by atoms with Crippen molar-refractivity contribution in [3.8, 4) is 5.75 Å². The van der Waals surface area contributed by atoms with Crippen molar-refractivity contribution in [1.82, 2.24) is 15.3 Å². The standard InChI is InChI=1S/C21H28N4O2/c1-17-6-4-7-19(16-17)27-15-3-2-8-20(26)24-18-9-13-25(14-10-18)21-22-11-5-12-23-21/h4-7,11-12,16,18H,2-3,8-10,13-15H2,1H3,(H,24,26). The molecule has 0 saturated carbocycles. The molecule has 2 heterocycles. The van der Waals surface area contributed by atoms with E-state index < -0.39 is 0 Å². The maximum atomic E-state index is 12.2. The Balaban J connectivity index is 1.28. The molecule has 0 spiro atoms. The lowest BCUT2D eigenvalue weighted by atomic mass is 10.0. The first-order chi connectivity index (χ1) is 13.2. The highest BCUT2D eigenvalue weighted by molar-refractivity contribution is 5.76. The third kappa shape index (κ3) is 6.24. The molecule has 6 heteroatoms. The zero-order valence-corrected chi connectivity index (χ0v) is 15.9. The van der Waals surface area contributed by atoms with Gasteiger partial charge in [0.2, 0.25) is 11.9 Å². The van der Waals surface area contributed by atoms with E-state index in [4.69, 9.17) is 4.74 Å². The summed E-state index contributed by atoms with van der Waals surface area (Å²) in [6, 6.07) is 10.1.